The minimum Gasteiger partial charge on any atom is -0.300 e. The number of aliphatic imine (C=N–C) groups is 1. The molecule has 0 radical (unpaired) electrons. The summed E-state index contributed by atoms with van der Waals surface area (Å²) in [5.41, 5.74) is 6.59. The van der Waals surface area contributed by atoms with E-state index in [0.717, 1.165) is 22.4 Å². The van der Waals surface area contributed by atoms with Crippen LogP contribution < -0.4 is 5.32 Å². The molecule has 1 amide bonds. The van der Waals surface area contributed by atoms with E-state index in [2.05, 4.69) is 48.4 Å². The number of carbonyl (C=O) groups is 1. The van der Waals surface area contributed by atoms with E-state index in [1.165, 1.54) is 22.9 Å². The Hall–Kier alpha value is -2.33. The van der Waals surface area contributed by atoms with Gasteiger partial charge in [0.15, 0.2) is 5.17 Å². The Morgan fingerprint density at radius 2 is 1.67 bits per heavy atom. The summed E-state index contributed by atoms with van der Waals surface area (Å²) in [5.74, 6) is -0.0931. The summed E-state index contributed by atoms with van der Waals surface area (Å²) in [4.78, 5) is 17.5. The molecule has 1 heterocycles. The van der Waals surface area contributed by atoms with Crippen molar-refractivity contribution in [3.63, 3.8) is 0 Å². The molecule has 0 saturated carbocycles. The predicted molar refractivity (Wildman–Crippen MR) is 103 cm³/mol. The van der Waals surface area contributed by atoms with Crippen LogP contribution in [-0.4, -0.2) is 11.1 Å². The number of thioether (sulfide) groups is 1. The maximum Gasteiger partial charge on any atom is 0.264 e. The second-order valence-electron chi connectivity index (χ2n) is 6.13. The Morgan fingerprint density at radius 3 is 2.42 bits per heavy atom. The number of nitrogens with one attached hydrogen (secondary N) is 1. The van der Waals surface area contributed by atoms with E-state index in [-0.39, 0.29) is 5.91 Å². The maximum atomic E-state index is 12.2. The molecule has 3 rings (SSSR count). The molecule has 0 spiro atoms. The monoisotopic (exact) mass is 336 g/mol. The number of carbonyl (C=O) groups excluding carboxylic acids is 1. The minimum atomic E-state index is -0.0931. The molecular weight excluding hydrogens is 316 g/mol. The van der Waals surface area contributed by atoms with Gasteiger partial charge in [-0.1, -0.05) is 41.5 Å². The predicted octanol–water partition coefficient (Wildman–Crippen LogP) is 4.81. The summed E-state index contributed by atoms with van der Waals surface area (Å²) in [7, 11) is 0. The molecule has 0 aromatic heterocycles. The van der Waals surface area contributed by atoms with Crippen molar-refractivity contribution in [2.45, 2.75) is 27.7 Å². The summed E-state index contributed by atoms with van der Waals surface area (Å²) in [6, 6.07) is 12.3. The van der Waals surface area contributed by atoms with Gasteiger partial charge in [-0.3, -0.25) is 4.79 Å². The van der Waals surface area contributed by atoms with Crippen LogP contribution in [0.4, 0.5) is 5.69 Å². The molecule has 2 aromatic carbocycles. The van der Waals surface area contributed by atoms with Crippen molar-refractivity contribution in [1.29, 1.82) is 0 Å². The van der Waals surface area contributed by atoms with E-state index in [4.69, 9.17) is 0 Å². The Kier molecular flexibility index (Phi) is 4.58. The van der Waals surface area contributed by atoms with Crippen LogP contribution in [0.25, 0.3) is 6.08 Å². The molecule has 1 aliphatic heterocycles. The third-order valence-electron chi connectivity index (χ3n) is 3.95. The maximum absolute atomic E-state index is 12.2. The normalized spacial score (nSPS) is 17.6. The highest BCUT2D eigenvalue weighted by atomic mass is 32.2. The SMILES string of the molecule is Cc1ccc(N=C2NC(=O)C(=Cc3cc(C)ccc3C)S2)c(C)c1. The van der Waals surface area contributed by atoms with Gasteiger partial charge in [0.2, 0.25) is 0 Å². The number of benzene rings is 2. The van der Waals surface area contributed by atoms with Gasteiger partial charge in [-0.15, -0.1) is 0 Å². The highest BCUT2D eigenvalue weighted by Crippen LogP contribution is 2.30. The molecule has 3 nitrogen and oxygen atoms in total. The molecule has 1 N–H and O–H groups in total. The number of amides is 1. The van der Waals surface area contributed by atoms with Crippen molar-refractivity contribution in [2.24, 2.45) is 4.99 Å². The number of hydrogen-bond acceptors (Lipinski definition) is 3. The van der Waals surface area contributed by atoms with E-state index >= 15 is 0 Å². The Balaban J connectivity index is 1.89. The van der Waals surface area contributed by atoms with Crippen molar-refractivity contribution >= 4 is 34.6 Å². The second kappa shape index (κ2) is 6.65. The van der Waals surface area contributed by atoms with Gasteiger partial charge in [-0.2, -0.15) is 0 Å². The largest absolute Gasteiger partial charge is 0.300 e. The third-order valence-corrected chi connectivity index (χ3v) is 4.86. The average molecular weight is 336 g/mol. The zero-order valence-electron chi connectivity index (χ0n) is 14.3. The molecule has 24 heavy (non-hydrogen) atoms. The van der Waals surface area contributed by atoms with E-state index < -0.39 is 0 Å². The molecule has 1 fully saturated rings. The highest BCUT2D eigenvalue weighted by Gasteiger charge is 2.24. The zero-order chi connectivity index (χ0) is 17.3. The Morgan fingerprint density at radius 1 is 0.958 bits per heavy atom. The standard InChI is InChI=1S/C20H20N2OS/c1-12-6-8-17(15(4)9-12)21-20-22-19(23)18(24-20)11-16-10-13(2)5-7-14(16)3/h5-11H,1-4H3,(H,21,22,23). The second-order valence-corrected chi connectivity index (χ2v) is 7.16. The van der Waals surface area contributed by atoms with Gasteiger partial charge in [-0.05, 0) is 68.3 Å². The molecule has 1 saturated heterocycles. The van der Waals surface area contributed by atoms with Gasteiger partial charge in [0.25, 0.3) is 5.91 Å². The quantitative estimate of drug-likeness (QED) is 0.800. The number of hydrogen-bond donors (Lipinski definition) is 1. The fraction of sp³-hybridized carbons (Fsp3) is 0.200. The summed E-state index contributed by atoms with van der Waals surface area (Å²) in [6.45, 7) is 8.19. The molecule has 1 aliphatic rings. The van der Waals surface area contributed by atoms with Crippen LogP contribution in [0.1, 0.15) is 27.8 Å². The molecule has 0 atom stereocenters. The summed E-state index contributed by atoms with van der Waals surface area (Å²) in [6.07, 6.45) is 1.94. The van der Waals surface area contributed by atoms with Crippen molar-refractivity contribution in [1.82, 2.24) is 5.32 Å². The van der Waals surface area contributed by atoms with Gasteiger partial charge in [0.05, 0.1) is 10.6 Å². The number of rotatable bonds is 2. The van der Waals surface area contributed by atoms with Gasteiger partial charge < -0.3 is 5.32 Å². The van der Waals surface area contributed by atoms with Crippen molar-refractivity contribution in [3.05, 3.63) is 69.1 Å². The number of nitrogens with zero attached hydrogens (tertiary/aromatic N) is 1. The molecule has 4 heteroatoms. The molecule has 2 aromatic rings. The van der Waals surface area contributed by atoms with Crippen LogP contribution in [0, 0.1) is 27.7 Å². The summed E-state index contributed by atoms with van der Waals surface area (Å²) >= 11 is 1.39. The molecule has 0 unspecified atom stereocenters. The molecule has 122 valence electrons. The minimum absolute atomic E-state index is 0.0931. The fourth-order valence-electron chi connectivity index (χ4n) is 2.58. The lowest BCUT2D eigenvalue weighted by Crippen LogP contribution is -2.19. The Bertz CT molecular complexity index is 881. The Labute approximate surface area is 146 Å². The van der Waals surface area contributed by atoms with Crippen LogP contribution in [0.2, 0.25) is 0 Å². The van der Waals surface area contributed by atoms with Gasteiger partial charge in [0.1, 0.15) is 0 Å². The van der Waals surface area contributed by atoms with Crippen molar-refractivity contribution < 1.29 is 4.79 Å². The molecule has 0 aliphatic carbocycles. The fourth-order valence-corrected chi connectivity index (χ4v) is 3.40. The first-order valence-electron chi connectivity index (χ1n) is 7.86. The van der Waals surface area contributed by atoms with E-state index in [1.54, 1.807) is 0 Å². The summed E-state index contributed by atoms with van der Waals surface area (Å²) < 4.78 is 0. The third kappa shape index (κ3) is 3.60. The lowest BCUT2D eigenvalue weighted by Gasteiger charge is -2.03. The lowest BCUT2D eigenvalue weighted by atomic mass is 10.1. The topological polar surface area (TPSA) is 41.5 Å². The van der Waals surface area contributed by atoms with E-state index in [0.29, 0.717) is 10.1 Å². The van der Waals surface area contributed by atoms with Gasteiger partial charge in [-0.25, -0.2) is 4.99 Å². The van der Waals surface area contributed by atoms with Crippen LogP contribution >= 0.6 is 11.8 Å². The van der Waals surface area contributed by atoms with E-state index in [9.17, 15) is 4.79 Å². The number of amidine groups is 1. The van der Waals surface area contributed by atoms with Crippen LogP contribution in [0.15, 0.2) is 46.3 Å². The van der Waals surface area contributed by atoms with Crippen molar-refractivity contribution in [2.75, 3.05) is 0 Å². The first kappa shape index (κ1) is 16.5. The zero-order valence-corrected chi connectivity index (χ0v) is 15.1. The van der Waals surface area contributed by atoms with Crippen LogP contribution in [-0.2, 0) is 4.79 Å². The molecular formula is C20H20N2OS. The smallest absolute Gasteiger partial charge is 0.264 e. The van der Waals surface area contributed by atoms with Gasteiger partial charge in [0, 0.05) is 0 Å². The summed E-state index contributed by atoms with van der Waals surface area (Å²) in [5, 5.41) is 3.48. The highest BCUT2D eigenvalue weighted by molar-refractivity contribution is 8.18. The first-order valence-corrected chi connectivity index (χ1v) is 8.68. The van der Waals surface area contributed by atoms with E-state index in [1.807, 2.05) is 32.1 Å². The lowest BCUT2D eigenvalue weighted by molar-refractivity contribution is -0.115. The molecule has 0 bridgehead atoms. The average Bonchev–Trinajstić information content (AvgIpc) is 2.86. The number of aryl methyl sites for hydroxylation is 4. The van der Waals surface area contributed by atoms with Crippen LogP contribution in [0.5, 0.6) is 0 Å². The van der Waals surface area contributed by atoms with Gasteiger partial charge >= 0.3 is 0 Å². The van der Waals surface area contributed by atoms with Crippen LogP contribution in [0.3, 0.4) is 0 Å². The van der Waals surface area contributed by atoms with Crippen molar-refractivity contribution in [3.8, 4) is 0 Å². The first-order chi connectivity index (χ1) is 11.4.